The Morgan fingerprint density at radius 2 is 2.31 bits per heavy atom. The fraction of sp³-hybridized carbons (Fsp3) is 0. The first kappa shape index (κ1) is 7.67. The van der Waals surface area contributed by atoms with Gasteiger partial charge in [-0.15, -0.1) is 0 Å². The van der Waals surface area contributed by atoms with Gasteiger partial charge in [-0.3, -0.25) is 9.78 Å². The number of hydrogen-bond acceptors (Lipinski definition) is 3. The van der Waals surface area contributed by atoms with E-state index in [-0.39, 0.29) is 0 Å². The summed E-state index contributed by atoms with van der Waals surface area (Å²) in [6, 6.07) is 3.73. The summed E-state index contributed by atoms with van der Waals surface area (Å²) >= 11 is 0. The lowest BCUT2D eigenvalue weighted by molar-refractivity contribution is 0.111. The van der Waals surface area contributed by atoms with Crippen LogP contribution in [0.15, 0.2) is 30.7 Å². The summed E-state index contributed by atoms with van der Waals surface area (Å²) in [5.41, 5.74) is 1.72. The molecule has 0 spiro atoms. The van der Waals surface area contributed by atoms with Crippen molar-refractivity contribution >= 4 is 6.29 Å². The van der Waals surface area contributed by atoms with Crippen molar-refractivity contribution in [3.63, 3.8) is 0 Å². The molecule has 0 bridgehead atoms. The second-order valence-corrected chi connectivity index (χ2v) is 2.54. The maximum Gasteiger partial charge on any atom is 0.185 e. The number of nitrogens with one attached hydrogen (secondary N) is 1. The molecule has 2 aromatic rings. The number of hydrogen-bond donors (Lipinski definition) is 1. The van der Waals surface area contributed by atoms with Crippen LogP contribution >= 0.6 is 0 Å². The largest absolute Gasteiger partial charge is 0.336 e. The molecule has 2 heterocycles. The molecule has 0 atom stereocenters. The second kappa shape index (κ2) is 3.18. The van der Waals surface area contributed by atoms with E-state index in [1.165, 1.54) is 0 Å². The van der Waals surface area contributed by atoms with E-state index in [1.807, 2.05) is 12.1 Å². The summed E-state index contributed by atoms with van der Waals surface area (Å²) in [5, 5.41) is 0. The van der Waals surface area contributed by atoms with Crippen LogP contribution in [0.5, 0.6) is 0 Å². The van der Waals surface area contributed by atoms with E-state index in [0.29, 0.717) is 12.1 Å². The Bertz CT molecular complexity index is 408. The average Bonchev–Trinajstić information content (AvgIpc) is 2.67. The third kappa shape index (κ3) is 1.46. The highest BCUT2D eigenvalue weighted by atomic mass is 16.1. The Morgan fingerprint density at radius 1 is 1.38 bits per heavy atom. The molecule has 4 nitrogen and oxygen atoms in total. The number of imidazole rings is 1. The molecular formula is C9H7N3O. The number of carbonyl (C=O) groups is 1. The topological polar surface area (TPSA) is 58.6 Å². The van der Waals surface area contributed by atoms with Crippen LogP contribution in [0.1, 0.15) is 10.6 Å². The smallest absolute Gasteiger partial charge is 0.185 e. The minimum Gasteiger partial charge on any atom is -0.336 e. The van der Waals surface area contributed by atoms with Gasteiger partial charge in [0, 0.05) is 18.0 Å². The molecule has 0 radical (unpaired) electrons. The standard InChI is InChI=1S/C9H7N3O/c13-6-9-11-5-8(12-9)7-2-1-3-10-4-7/h1-6H,(H,11,12). The summed E-state index contributed by atoms with van der Waals surface area (Å²) in [6.45, 7) is 0. The van der Waals surface area contributed by atoms with Gasteiger partial charge in [0.15, 0.2) is 12.1 Å². The number of nitrogens with zero attached hydrogens (tertiary/aromatic N) is 2. The van der Waals surface area contributed by atoms with E-state index in [2.05, 4.69) is 15.0 Å². The lowest BCUT2D eigenvalue weighted by Gasteiger charge is -1.93. The number of aromatic nitrogens is 3. The average molecular weight is 173 g/mol. The van der Waals surface area contributed by atoms with Gasteiger partial charge in [-0.05, 0) is 12.1 Å². The Morgan fingerprint density at radius 3 is 2.92 bits per heavy atom. The van der Waals surface area contributed by atoms with Crippen LogP contribution in [0.25, 0.3) is 11.3 Å². The first-order chi connectivity index (χ1) is 6.40. The van der Waals surface area contributed by atoms with Crippen molar-refractivity contribution in [3.05, 3.63) is 36.5 Å². The van der Waals surface area contributed by atoms with Gasteiger partial charge < -0.3 is 4.98 Å². The molecule has 0 aliphatic heterocycles. The molecule has 0 amide bonds. The first-order valence-corrected chi connectivity index (χ1v) is 3.81. The SMILES string of the molecule is O=Cc1ncc(-c2cccnc2)[nH]1. The molecule has 0 aliphatic rings. The van der Waals surface area contributed by atoms with E-state index in [1.54, 1.807) is 18.6 Å². The maximum atomic E-state index is 10.3. The summed E-state index contributed by atoms with van der Waals surface area (Å²) in [7, 11) is 0. The van der Waals surface area contributed by atoms with Crippen LogP contribution < -0.4 is 0 Å². The van der Waals surface area contributed by atoms with Crippen LogP contribution in [-0.2, 0) is 0 Å². The highest BCUT2D eigenvalue weighted by molar-refractivity contribution is 5.71. The number of aldehydes is 1. The van der Waals surface area contributed by atoms with Crippen molar-refractivity contribution in [1.82, 2.24) is 15.0 Å². The number of carbonyl (C=O) groups excluding carboxylic acids is 1. The predicted octanol–water partition coefficient (Wildman–Crippen LogP) is 1.28. The zero-order valence-electron chi connectivity index (χ0n) is 6.77. The van der Waals surface area contributed by atoms with Crippen molar-refractivity contribution in [2.75, 3.05) is 0 Å². The number of aromatic amines is 1. The third-order valence-corrected chi connectivity index (χ3v) is 1.68. The third-order valence-electron chi connectivity index (χ3n) is 1.68. The van der Waals surface area contributed by atoms with Gasteiger partial charge in [-0.1, -0.05) is 0 Å². The molecule has 2 aromatic heterocycles. The zero-order valence-corrected chi connectivity index (χ0v) is 6.77. The van der Waals surface area contributed by atoms with Crippen molar-refractivity contribution in [3.8, 4) is 11.3 Å². The fourth-order valence-electron chi connectivity index (χ4n) is 1.07. The molecule has 0 aromatic carbocycles. The lowest BCUT2D eigenvalue weighted by Crippen LogP contribution is -1.82. The Labute approximate surface area is 74.7 Å². The van der Waals surface area contributed by atoms with E-state index >= 15 is 0 Å². The second-order valence-electron chi connectivity index (χ2n) is 2.54. The quantitative estimate of drug-likeness (QED) is 0.696. The highest BCUT2D eigenvalue weighted by Gasteiger charge is 2.00. The summed E-state index contributed by atoms with van der Waals surface area (Å²) in [5.74, 6) is 0.332. The minimum absolute atomic E-state index is 0.332. The Balaban J connectivity index is 2.41. The van der Waals surface area contributed by atoms with Gasteiger partial charge in [0.1, 0.15) is 0 Å². The van der Waals surface area contributed by atoms with Gasteiger partial charge in [-0.25, -0.2) is 4.98 Å². The molecule has 13 heavy (non-hydrogen) atoms. The molecule has 1 N–H and O–H groups in total. The normalized spacial score (nSPS) is 9.85. The summed E-state index contributed by atoms with van der Waals surface area (Å²) < 4.78 is 0. The van der Waals surface area contributed by atoms with Crippen LogP contribution in [0.3, 0.4) is 0 Å². The van der Waals surface area contributed by atoms with Crippen LogP contribution in [0, 0.1) is 0 Å². The maximum absolute atomic E-state index is 10.3. The highest BCUT2D eigenvalue weighted by Crippen LogP contribution is 2.13. The van der Waals surface area contributed by atoms with E-state index < -0.39 is 0 Å². The molecule has 64 valence electrons. The molecule has 0 aliphatic carbocycles. The van der Waals surface area contributed by atoms with Gasteiger partial charge in [0.25, 0.3) is 0 Å². The molecular weight excluding hydrogens is 166 g/mol. The molecule has 2 rings (SSSR count). The van der Waals surface area contributed by atoms with Gasteiger partial charge in [0.2, 0.25) is 0 Å². The van der Waals surface area contributed by atoms with E-state index in [0.717, 1.165) is 11.3 Å². The van der Waals surface area contributed by atoms with Crippen LogP contribution in [-0.4, -0.2) is 21.2 Å². The van der Waals surface area contributed by atoms with E-state index in [4.69, 9.17) is 0 Å². The van der Waals surface area contributed by atoms with Crippen molar-refractivity contribution in [2.45, 2.75) is 0 Å². The zero-order chi connectivity index (χ0) is 9.10. The molecule has 4 heteroatoms. The fourth-order valence-corrected chi connectivity index (χ4v) is 1.07. The summed E-state index contributed by atoms with van der Waals surface area (Å²) in [6.07, 6.45) is 5.70. The van der Waals surface area contributed by atoms with Crippen molar-refractivity contribution < 1.29 is 4.79 Å². The van der Waals surface area contributed by atoms with Gasteiger partial charge >= 0.3 is 0 Å². The molecule has 0 fully saturated rings. The monoisotopic (exact) mass is 173 g/mol. The molecule has 0 saturated heterocycles. The molecule has 0 unspecified atom stereocenters. The van der Waals surface area contributed by atoms with Crippen LogP contribution in [0.2, 0.25) is 0 Å². The van der Waals surface area contributed by atoms with Crippen molar-refractivity contribution in [1.29, 1.82) is 0 Å². The molecule has 0 saturated carbocycles. The van der Waals surface area contributed by atoms with Crippen molar-refractivity contribution in [2.24, 2.45) is 0 Å². The number of H-pyrrole nitrogens is 1. The lowest BCUT2D eigenvalue weighted by atomic mass is 10.2. The summed E-state index contributed by atoms with van der Waals surface area (Å²) in [4.78, 5) is 21.0. The van der Waals surface area contributed by atoms with Crippen LogP contribution in [0.4, 0.5) is 0 Å². The Kier molecular flexibility index (Phi) is 1.88. The first-order valence-electron chi connectivity index (χ1n) is 3.81. The van der Waals surface area contributed by atoms with Gasteiger partial charge in [-0.2, -0.15) is 0 Å². The van der Waals surface area contributed by atoms with Gasteiger partial charge in [0.05, 0.1) is 11.9 Å². The predicted molar refractivity (Wildman–Crippen MR) is 47.2 cm³/mol. The Hall–Kier alpha value is -1.97. The minimum atomic E-state index is 0.332. The number of pyridine rings is 1. The number of rotatable bonds is 2. The van der Waals surface area contributed by atoms with E-state index in [9.17, 15) is 4.79 Å².